The van der Waals surface area contributed by atoms with Crippen molar-refractivity contribution >= 4 is 16.8 Å². The summed E-state index contributed by atoms with van der Waals surface area (Å²) in [5, 5.41) is 0.910. The number of rotatable bonds is 2. The number of aryl methyl sites for hydroxylation is 2. The molecule has 2 aromatic carbocycles. The number of amides is 1. The van der Waals surface area contributed by atoms with Gasteiger partial charge in [-0.3, -0.25) is 9.78 Å². The first-order valence-corrected chi connectivity index (χ1v) is 9.39. The van der Waals surface area contributed by atoms with Crippen molar-refractivity contribution in [2.24, 2.45) is 0 Å². The van der Waals surface area contributed by atoms with Gasteiger partial charge in [0.2, 0.25) is 0 Å². The van der Waals surface area contributed by atoms with E-state index in [-0.39, 0.29) is 17.8 Å². The van der Waals surface area contributed by atoms with Crippen LogP contribution in [0.25, 0.3) is 10.9 Å². The first-order valence-electron chi connectivity index (χ1n) is 9.39. The summed E-state index contributed by atoms with van der Waals surface area (Å²) in [6.45, 7) is 6.67. The monoisotopic (exact) mass is 362 g/mol. The van der Waals surface area contributed by atoms with E-state index in [2.05, 4.69) is 4.98 Å². The topological polar surface area (TPSA) is 33.2 Å². The van der Waals surface area contributed by atoms with E-state index in [0.29, 0.717) is 0 Å². The van der Waals surface area contributed by atoms with Crippen LogP contribution in [0.1, 0.15) is 51.6 Å². The maximum Gasteiger partial charge on any atom is 0.255 e. The highest BCUT2D eigenvalue weighted by atomic mass is 19.1. The minimum absolute atomic E-state index is 0.00849. The van der Waals surface area contributed by atoms with Crippen LogP contribution in [-0.2, 0) is 0 Å². The maximum absolute atomic E-state index is 13.6. The lowest BCUT2D eigenvalue weighted by Gasteiger charge is -2.27. The Morgan fingerprint density at radius 3 is 2.59 bits per heavy atom. The van der Waals surface area contributed by atoms with Gasteiger partial charge in [0.25, 0.3) is 5.91 Å². The van der Waals surface area contributed by atoms with Crippen molar-refractivity contribution in [3.8, 4) is 0 Å². The third kappa shape index (κ3) is 3.09. The van der Waals surface area contributed by atoms with Crippen LogP contribution >= 0.6 is 0 Å². The largest absolute Gasteiger partial charge is 0.332 e. The van der Waals surface area contributed by atoms with Gasteiger partial charge in [0, 0.05) is 17.6 Å². The molecular formula is C23H23FN2O. The number of carbonyl (C=O) groups is 1. The quantitative estimate of drug-likeness (QED) is 0.622. The fraction of sp³-hybridized carbons (Fsp3) is 0.304. The molecule has 3 aromatic rings. The SMILES string of the molecule is Cc1ccc2nc(C)c(C)c(C(=O)N3CCC[C@H]3c3ccc(F)cc3)c2c1. The first-order chi connectivity index (χ1) is 13.0. The minimum Gasteiger partial charge on any atom is -0.332 e. The number of aromatic nitrogens is 1. The second-order valence-corrected chi connectivity index (χ2v) is 7.43. The predicted molar refractivity (Wildman–Crippen MR) is 105 cm³/mol. The van der Waals surface area contributed by atoms with Crippen LogP contribution in [0.2, 0.25) is 0 Å². The molecule has 1 atom stereocenters. The second kappa shape index (κ2) is 6.76. The van der Waals surface area contributed by atoms with Crippen molar-refractivity contribution in [2.45, 2.75) is 39.7 Å². The molecule has 0 spiro atoms. The zero-order valence-corrected chi connectivity index (χ0v) is 15.9. The van der Waals surface area contributed by atoms with Crippen molar-refractivity contribution in [2.75, 3.05) is 6.54 Å². The van der Waals surface area contributed by atoms with E-state index in [9.17, 15) is 9.18 Å². The van der Waals surface area contributed by atoms with Crippen molar-refractivity contribution in [1.29, 1.82) is 0 Å². The van der Waals surface area contributed by atoms with E-state index in [4.69, 9.17) is 0 Å². The van der Waals surface area contributed by atoms with E-state index in [1.807, 2.05) is 43.9 Å². The number of nitrogens with zero attached hydrogens (tertiary/aromatic N) is 2. The third-order valence-electron chi connectivity index (χ3n) is 5.61. The Hall–Kier alpha value is -2.75. The molecule has 0 N–H and O–H groups in total. The standard InChI is InChI=1S/C23H23FN2O/c1-14-6-11-20-19(13-14)22(15(2)16(3)25-20)23(27)26-12-4-5-21(26)17-7-9-18(24)10-8-17/h6-11,13,21H,4-5,12H2,1-3H3/t21-/m0/s1. The summed E-state index contributed by atoms with van der Waals surface area (Å²) in [6.07, 6.45) is 1.85. The number of carbonyl (C=O) groups excluding carboxylic acids is 1. The average Bonchev–Trinajstić information content (AvgIpc) is 3.13. The fourth-order valence-electron chi connectivity index (χ4n) is 4.06. The second-order valence-electron chi connectivity index (χ2n) is 7.43. The van der Waals surface area contributed by atoms with Gasteiger partial charge in [-0.1, -0.05) is 23.8 Å². The molecule has 1 aliphatic heterocycles. The normalized spacial score (nSPS) is 16.9. The van der Waals surface area contributed by atoms with Gasteiger partial charge in [-0.05, 0) is 69.0 Å². The summed E-state index contributed by atoms with van der Waals surface area (Å²) in [7, 11) is 0. The molecule has 0 aliphatic carbocycles. The molecule has 0 radical (unpaired) electrons. The van der Waals surface area contributed by atoms with E-state index >= 15 is 0 Å². The van der Waals surface area contributed by atoms with Gasteiger partial charge >= 0.3 is 0 Å². The molecule has 1 amide bonds. The van der Waals surface area contributed by atoms with Crippen LogP contribution in [-0.4, -0.2) is 22.3 Å². The van der Waals surface area contributed by atoms with Crippen LogP contribution in [0.15, 0.2) is 42.5 Å². The Morgan fingerprint density at radius 1 is 1.11 bits per heavy atom. The third-order valence-corrected chi connectivity index (χ3v) is 5.61. The molecule has 4 rings (SSSR count). The summed E-state index contributed by atoms with van der Waals surface area (Å²) in [5.74, 6) is -0.211. The summed E-state index contributed by atoms with van der Waals surface area (Å²) >= 11 is 0. The smallest absolute Gasteiger partial charge is 0.255 e. The van der Waals surface area contributed by atoms with Crippen molar-refractivity contribution in [1.82, 2.24) is 9.88 Å². The van der Waals surface area contributed by atoms with Gasteiger partial charge in [0.05, 0.1) is 17.1 Å². The Balaban J connectivity index is 1.81. The van der Waals surface area contributed by atoms with Crippen molar-refractivity contribution in [3.63, 3.8) is 0 Å². The van der Waals surface area contributed by atoms with E-state index in [1.54, 1.807) is 12.1 Å². The number of pyridine rings is 1. The Labute approximate surface area is 158 Å². The molecule has 27 heavy (non-hydrogen) atoms. The Morgan fingerprint density at radius 2 is 1.85 bits per heavy atom. The Kier molecular flexibility index (Phi) is 4.42. The predicted octanol–water partition coefficient (Wildman–Crippen LogP) is 5.28. The number of benzene rings is 2. The highest BCUT2D eigenvalue weighted by Gasteiger charge is 2.32. The van der Waals surface area contributed by atoms with Gasteiger partial charge in [-0.15, -0.1) is 0 Å². The zero-order chi connectivity index (χ0) is 19.1. The van der Waals surface area contributed by atoms with E-state index in [1.165, 1.54) is 12.1 Å². The van der Waals surface area contributed by atoms with Crippen molar-refractivity contribution < 1.29 is 9.18 Å². The van der Waals surface area contributed by atoms with Gasteiger partial charge < -0.3 is 4.90 Å². The van der Waals surface area contributed by atoms with E-state index < -0.39 is 0 Å². The molecule has 4 heteroatoms. The highest BCUT2D eigenvalue weighted by molar-refractivity contribution is 6.08. The molecule has 0 saturated carbocycles. The molecule has 138 valence electrons. The van der Waals surface area contributed by atoms with Gasteiger partial charge in [-0.2, -0.15) is 0 Å². The molecular weight excluding hydrogens is 339 g/mol. The molecule has 0 bridgehead atoms. The fourth-order valence-corrected chi connectivity index (χ4v) is 4.06. The number of fused-ring (bicyclic) bond motifs is 1. The average molecular weight is 362 g/mol. The van der Waals surface area contributed by atoms with Crippen LogP contribution in [0.3, 0.4) is 0 Å². The first kappa shape index (κ1) is 17.7. The molecule has 1 fully saturated rings. The summed E-state index contributed by atoms with van der Waals surface area (Å²) in [5.41, 5.74) is 5.51. The Bertz CT molecular complexity index is 1030. The minimum atomic E-state index is -0.253. The number of hydrogen-bond donors (Lipinski definition) is 0. The molecule has 1 saturated heterocycles. The number of likely N-dealkylation sites (tertiary alicyclic amines) is 1. The lowest BCUT2D eigenvalue weighted by Crippen LogP contribution is -2.31. The maximum atomic E-state index is 13.6. The van der Waals surface area contributed by atoms with Crippen LogP contribution < -0.4 is 0 Å². The van der Waals surface area contributed by atoms with Gasteiger partial charge in [0.1, 0.15) is 5.82 Å². The molecule has 0 unspecified atom stereocenters. The van der Waals surface area contributed by atoms with Crippen LogP contribution in [0.4, 0.5) is 4.39 Å². The van der Waals surface area contributed by atoms with Crippen LogP contribution in [0, 0.1) is 26.6 Å². The highest BCUT2D eigenvalue weighted by Crippen LogP contribution is 2.35. The van der Waals surface area contributed by atoms with Crippen molar-refractivity contribution in [3.05, 3.63) is 76.2 Å². The lowest BCUT2D eigenvalue weighted by molar-refractivity contribution is 0.0736. The van der Waals surface area contributed by atoms with E-state index in [0.717, 1.165) is 58.2 Å². The summed E-state index contributed by atoms with van der Waals surface area (Å²) in [4.78, 5) is 20.2. The zero-order valence-electron chi connectivity index (χ0n) is 15.9. The summed E-state index contributed by atoms with van der Waals surface area (Å²) < 4.78 is 13.3. The molecule has 2 heterocycles. The number of halogens is 1. The summed E-state index contributed by atoms with van der Waals surface area (Å²) in [6, 6.07) is 12.6. The molecule has 1 aliphatic rings. The van der Waals surface area contributed by atoms with Crippen LogP contribution in [0.5, 0.6) is 0 Å². The molecule has 3 nitrogen and oxygen atoms in total. The number of hydrogen-bond acceptors (Lipinski definition) is 2. The van der Waals surface area contributed by atoms with Gasteiger partial charge in [0.15, 0.2) is 0 Å². The lowest BCUT2D eigenvalue weighted by atomic mass is 9.98. The molecule has 1 aromatic heterocycles. The van der Waals surface area contributed by atoms with Gasteiger partial charge in [-0.25, -0.2) is 4.39 Å².